The number of rotatable bonds is 13. The second-order valence-electron chi connectivity index (χ2n) is 16.4. The summed E-state index contributed by atoms with van der Waals surface area (Å²) >= 11 is 35.3. The van der Waals surface area contributed by atoms with Crippen molar-refractivity contribution in [1.29, 1.82) is 0 Å². The highest BCUT2D eigenvalue weighted by Gasteiger charge is 2.30. The number of ether oxygens (including phenoxy) is 4. The highest BCUT2D eigenvalue weighted by Crippen LogP contribution is 2.61. The van der Waals surface area contributed by atoms with Crippen LogP contribution in [0.25, 0.3) is 22.1 Å². The number of H-pyrrole nitrogens is 1. The molecule has 0 fully saturated rings. The van der Waals surface area contributed by atoms with Crippen molar-refractivity contribution in [3.63, 3.8) is 0 Å². The molecule has 0 aliphatic rings. The van der Waals surface area contributed by atoms with Gasteiger partial charge in [0.25, 0.3) is 5.56 Å². The highest BCUT2D eigenvalue weighted by molar-refractivity contribution is 9.08. The van der Waals surface area contributed by atoms with Gasteiger partial charge in [0.1, 0.15) is 53.9 Å². The molecule has 8 aromatic rings. The summed E-state index contributed by atoms with van der Waals surface area (Å²) in [6, 6.07) is 0. The van der Waals surface area contributed by atoms with Crippen molar-refractivity contribution in [3.8, 4) is 0 Å². The Labute approximate surface area is 498 Å². The van der Waals surface area contributed by atoms with E-state index in [0.717, 1.165) is 35.2 Å². The van der Waals surface area contributed by atoms with E-state index in [9.17, 15) is 28.5 Å². The number of aromatic nitrogens is 12. The second kappa shape index (κ2) is 32.2. The van der Waals surface area contributed by atoms with Gasteiger partial charge < -0.3 is 33.3 Å². The number of esters is 4. The number of hydrogen-bond donors (Lipinski definition) is 1. The first-order valence-electron chi connectivity index (χ1n) is 24.1. The largest absolute Gasteiger partial charge is 0.465 e. The first kappa shape index (κ1) is 68.8. The van der Waals surface area contributed by atoms with Crippen LogP contribution in [-0.2, 0) is 35.4 Å². The van der Waals surface area contributed by atoms with Crippen molar-refractivity contribution >= 4 is 136 Å². The molecule has 436 valence electrons. The van der Waals surface area contributed by atoms with E-state index in [1.807, 2.05) is 0 Å². The van der Waals surface area contributed by atoms with E-state index in [4.69, 9.17) is 39.5 Å². The Balaban J connectivity index is 0.000000264. The summed E-state index contributed by atoms with van der Waals surface area (Å²) in [6.45, 7) is 23.6. The molecule has 0 aromatic carbocycles. The van der Waals surface area contributed by atoms with Crippen LogP contribution in [-0.4, -0.2) is 159 Å². The maximum atomic E-state index is 12.1. The SMILES string of the molecule is CCN(CC)CC.CC[N+](CC)(CC)Cc1c(C(=O)OC)cn2ncnc(Cl)c12.COC(=O)c1cn2nc[nH]c(=O)c2c1C.COC(=O)c1cn2ncnc(Cl)c2c1C.COC(=O)c1cn2ncnc(Cl)c2c1CBr.O=P(Cl)(Cl)Cl. The minimum absolute atomic E-state index is 0.280. The predicted molar refractivity (Wildman–Crippen MR) is 311 cm³/mol. The normalized spacial score (nSPS) is 11.0. The van der Waals surface area contributed by atoms with Crippen molar-refractivity contribution in [2.75, 3.05) is 67.7 Å². The fraction of sp³-hybridized carbons (Fsp3) is 0.417. The van der Waals surface area contributed by atoms with Gasteiger partial charge in [-0.05, 0) is 99.1 Å². The van der Waals surface area contributed by atoms with E-state index in [0.29, 0.717) is 82.8 Å². The number of hydrogen-bond acceptors (Lipinski definition) is 18. The minimum atomic E-state index is -3.22. The van der Waals surface area contributed by atoms with Crippen molar-refractivity contribution in [2.24, 2.45) is 0 Å². The maximum Gasteiger partial charge on any atom is 0.340 e. The molecule has 0 atom stereocenters. The maximum absolute atomic E-state index is 12.1. The average Bonchev–Trinajstić information content (AvgIpc) is 4.21. The fourth-order valence-corrected chi connectivity index (χ4v) is 9.19. The average molecular weight is 1320 g/mol. The van der Waals surface area contributed by atoms with Gasteiger partial charge in [0.2, 0.25) is 0 Å². The summed E-state index contributed by atoms with van der Waals surface area (Å²) in [6.07, 6.45) is 11.6. The lowest BCUT2D eigenvalue weighted by atomic mass is 10.1. The predicted octanol–water partition coefficient (Wildman–Crippen LogP) is 10.4. The quantitative estimate of drug-likeness (QED) is 0.0370. The molecule has 0 bridgehead atoms. The number of aromatic amines is 1. The minimum Gasteiger partial charge on any atom is -0.465 e. The van der Waals surface area contributed by atoms with Crippen LogP contribution < -0.4 is 5.56 Å². The number of carbonyl (C=O) groups is 4. The lowest BCUT2D eigenvalue weighted by molar-refractivity contribution is -0.936. The van der Waals surface area contributed by atoms with Crippen molar-refractivity contribution in [1.82, 2.24) is 63.3 Å². The summed E-state index contributed by atoms with van der Waals surface area (Å²) in [4.78, 5) is 74.4. The molecule has 0 aliphatic carbocycles. The summed E-state index contributed by atoms with van der Waals surface area (Å²) < 4.78 is 35.2. The van der Waals surface area contributed by atoms with Gasteiger partial charge in [-0.1, -0.05) is 71.5 Å². The molecule has 0 saturated carbocycles. The van der Waals surface area contributed by atoms with Crippen LogP contribution in [0.1, 0.15) is 105 Å². The second-order valence-corrected chi connectivity index (χ2v) is 24.7. The molecule has 8 heterocycles. The van der Waals surface area contributed by atoms with E-state index in [1.165, 1.54) is 93.1 Å². The number of nitrogens with one attached hydrogen (secondary N) is 1. The first-order chi connectivity index (χ1) is 37.8. The zero-order valence-electron chi connectivity index (χ0n) is 45.8. The third-order valence-electron chi connectivity index (χ3n) is 12.5. The molecule has 24 nitrogen and oxygen atoms in total. The molecule has 8 rings (SSSR count). The summed E-state index contributed by atoms with van der Waals surface area (Å²) in [5, 5.41) is 14.2. The number of halogens is 7. The topological polar surface area (TPSA) is 266 Å². The first-order valence-corrected chi connectivity index (χ1v) is 30.7. The molecule has 0 saturated heterocycles. The van der Waals surface area contributed by atoms with Gasteiger partial charge in [-0.3, -0.25) is 9.36 Å². The Kier molecular flexibility index (Phi) is 27.7. The summed E-state index contributed by atoms with van der Waals surface area (Å²) in [5.41, 5.74) is 6.58. The van der Waals surface area contributed by atoms with Gasteiger partial charge in [0.05, 0.1) is 75.9 Å². The van der Waals surface area contributed by atoms with E-state index in [1.54, 1.807) is 37.0 Å². The van der Waals surface area contributed by atoms with Crippen LogP contribution in [0.15, 0.2) is 54.9 Å². The molecule has 8 aromatic heterocycles. The Morgan fingerprint density at radius 3 is 1.24 bits per heavy atom. The molecule has 0 amide bonds. The molecule has 1 N–H and O–H groups in total. The third-order valence-corrected chi connectivity index (χ3v) is 13.9. The molecule has 0 unspecified atom stereocenters. The Morgan fingerprint density at radius 2 is 0.900 bits per heavy atom. The van der Waals surface area contributed by atoms with Crippen LogP contribution in [0.2, 0.25) is 15.5 Å². The van der Waals surface area contributed by atoms with Gasteiger partial charge in [-0.25, -0.2) is 52.2 Å². The molecule has 0 spiro atoms. The number of carbonyl (C=O) groups excluding carboxylic acids is 4. The molecular formula is C48H61BrCl6N14O10P+. The van der Waals surface area contributed by atoms with Crippen LogP contribution in [0.5, 0.6) is 0 Å². The van der Waals surface area contributed by atoms with Crippen molar-refractivity contribution in [2.45, 2.75) is 67.3 Å². The van der Waals surface area contributed by atoms with Gasteiger partial charge in [-0.2, -0.15) is 20.4 Å². The fourth-order valence-electron chi connectivity index (χ4n) is 7.86. The van der Waals surface area contributed by atoms with Gasteiger partial charge in [-0.15, -0.1) is 0 Å². The molecule has 32 heteroatoms. The molecular weight excluding hydrogens is 1260 g/mol. The Bertz CT molecular complexity index is 3480. The lowest BCUT2D eigenvalue weighted by Gasteiger charge is -2.35. The number of quaternary nitrogens is 1. The van der Waals surface area contributed by atoms with Gasteiger partial charge in [0.15, 0.2) is 15.5 Å². The standard InChI is InChI=1S/C15H22ClN4O2.C9H7BrClN3O2.C9H8ClN3O2.C9H9N3O3.C6H15N.Cl3OP/c1-5-20(6-2,7-3)9-12-11(15(21)22-4)8-19-13(12)14(16)17-10-18-19;1-16-9(15)6-3-14-7(5(6)2-10)8(11)12-4-13-14;1-5-6(9(14)15-2)3-13-7(5)8(10)11-4-12-13;1-5-6(9(14)15-2)3-12-7(5)8(13)10-4-11-12;1-4-7(5-2)6-3;1-5(2,3)4/h8,10H,5-7,9H2,1-4H3;3-4H,2H2,1H3;3-4H,1-2H3;3-4H,1-2H3,(H,10,11,13);4-6H2,1-3H3;/q+1;;;;;. The number of nitrogens with zero attached hydrogens (tertiary/aromatic N) is 13. The highest BCUT2D eigenvalue weighted by atomic mass is 79.9. The van der Waals surface area contributed by atoms with Crippen LogP contribution in [0.3, 0.4) is 0 Å². The number of alkyl halides is 1. The monoisotopic (exact) mass is 1310 g/mol. The van der Waals surface area contributed by atoms with Gasteiger partial charge in [0, 0.05) is 35.7 Å². The number of aryl methyl sites for hydroxylation is 2. The summed E-state index contributed by atoms with van der Waals surface area (Å²) in [5.74, 6) is -1.68. The van der Waals surface area contributed by atoms with E-state index >= 15 is 0 Å². The number of methoxy groups -OCH3 is 4. The van der Waals surface area contributed by atoms with Crippen molar-refractivity contribution < 1.29 is 47.2 Å². The number of fused-ring (bicyclic) bond motifs is 4. The smallest absolute Gasteiger partial charge is 0.340 e. The molecule has 80 heavy (non-hydrogen) atoms. The zero-order chi connectivity index (χ0) is 60.2. The third kappa shape index (κ3) is 17.8. The van der Waals surface area contributed by atoms with Crippen LogP contribution in [0.4, 0.5) is 0 Å². The van der Waals surface area contributed by atoms with Crippen LogP contribution in [0, 0.1) is 13.8 Å². The Morgan fingerprint density at radius 1 is 0.575 bits per heavy atom. The van der Waals surface area contributed by atoms with Crippen LogP contribution >= 0.6 is 89.7 Å². The van der Waals surface area contributed by atoms with E-state index < -0.39 is 23.1 Å². The molecule has 0 aliphatic heterocycles. The van der Waals surface area contributed by atoms with Gasteiger partial charge >= 0.3 is 29.1 Å². The zero-order valence-corrected chi connectivity index (χ0v) is 52.8. The summed E-state index contributed by atoms with van der Waals surface area (Å²) in [7, 11) is 5.33. The van der Waals surface area contributed by atoms with E-state index in [2.05, 4.69) is 151 Å². The van der Waals surface area contributed by atoms with Crippen molar-refractivity contribution in [3.05, 3.63) is 120 Å². The van der Waals surface area contributed by atoms with E-state index in [-0.39, 0.29) is 11.5 Å². The Hall–Kier alpha value is -5.47. The molecule has 0 radical (unpaired) electrons. The lowest BCUT2D eigenvalue weighted by Crippen LogP contribution is -2.46.